The average molecular weight is 366 g/mol. The van der Waals surface area contributed by atoms with Crippen molar-refractivity contribution in [1.82, 2.24) is 5.32 Å². The van der Waals surface area contributed by atoms with Crippen LogP contribution < -0.4 is 5.32 Å². The lowest BCUT2D eigenvalue weighted by Gasteiger charge is -2.22. The van der Waals surface area contributed by atoms with Gasteiger partial charge in [0.2, 0.25) is 0 Å². The third kappa shape index (κ3) is 4.41. The van der Waals surface area contributed by atoms with E-state index in [2.05, 4.69) is 85.3 Å². The van der Waals surface area contributed by atoms with Gasteiger partial charge in [-0.05, 0) is 57.6 Å². The summed E-state index contributed by atoms with van der Waals surface area (Å²) in [6.45, 7) is 10.00. The molecular weight excluding hydrogens is 342 g/mol. The maximum atomic E-state index is 3.66. The standard InChI is InChI=1S/C18H24BrNS/c1-5-12-20-17(15-10-11-16(19)21-15)13-6-8-14(9-7-13)18(2,3)4/h6-11,17,20H,5,12H2,1-4H3. The monoisotopic (exact) mass is 365 g/mol. The highest BCUT2D eigenvalue weighted by molar-refractivity contribution is 9.11. The van der Waals surface area contributed by atoms with E-state index in [9.17, 15) is 0 Å². The molecule has 0 fully saturated rings. The third-order valence-corrected chi connectivity index (χ3v) is 5.28. The topological polar surface area (TPSA) is 12.0 Å². The highest BCUT2D eigenvalue weighted by Gasteiger charge is 2.17. The van der Waals surface area contributed by atoms with Crippen molar-refractivity contribution in [3.8, 4) is 0 Å². The zero-order valence-electron chi connectivity index (χ0n) is 13.2. The number of rotatable bonds is 5. The van der Waals surface area contributed by atoms with Crippen molar-refractivity contribution in [2.75, 3.05) is 6.54 Å². The first-order valence-corrected chi connectivity index (χ1v) is 9.12. The van der Waals surface area contributed by atoms with E-state index < -0.39 is 0 Å². The van der Waals surface area contributed by atoms with Crippen LogP contribution in [0.15, 0.2) is 40.2 Å². The second kappa shape index (κ2) is 7.08. The molecule has 0 aliphatic heterocycles. The van der Waals surface area contributed by atoms with Gasteiger partial charge in [0.1, 0.15) is 0 Å². The van der Waals surface area contributed by atoms with E-state index in [0.29, 0.717) is 0 Å². The van der Waals surface area contributed by atoms with Crippen LogP contribution in [0.5, 0.6) is 0 Å². The van der Waals surface area contributed by atoms with Crippen molar-refractivity contribution < 1.29 is 0 Å². The molecule has 0 aliphatic rings. The van der Waals surface area contributed by atoms with Gasteiger partial charge in [-0.2, -0.15) is 0 Å². The lowest BCUT2D eigenvalue weighted by atomic mass is 9.86. The van der Waals surface area contributed by atoms with Gasteiger partial charge < -0.3 is 5.32 Å². The van der Waals surface area contributed by atoms with Crippen LogP contribution in [0.3, 0.4) is 0 Å². The van der Waals surface area contributed by atoms with E-state index in [4.69, 9.17) is 0 Å². The summed E-state index contributed by atoms with van der Waals surface area (Å²) in [5, 5.41) is 3.66. The van der Waals surface area contributed by atoms with Crippen LogP contribution in [-0.2, 0) is 5.41 Å². The number of hydrogen-bond donors (Lipinski definition) is 1. The van der Waals surface area contributed by atoms with Gasteiger partial charge in [-0.15, -0.1) is 11.3 Å². The minimum atomic E-state index is 0.205. The molecule has 1 aromatic heterocycles. The largest absolute Gasteiger partial charge is 0.306 e. The second-order valence-corrected chi connectivity index (χ2v) is 8.90. The molecule has 114 valence electrons. The fourth-order valence-electron chi connectivity index (χ4n) is 2.33. The van der Waals surface area contributed by atoms with E-state index in [1.807, 2.05) is 0 Å². The molecule has 1 aromatic carbocycles. The molecule has 1 nitrogen and oxygen atoms in total. The Hall–Kier alpha value is -0.640. The first kappa shape index (κ1) is 16.7. The normalized spacial score (nSPS) is 13.4. The van der Waals surface area contributed by atoms with Gasteiger partial charge in [0, 0.05) is 4.88 Å². The number of hydrogen-bond acceptors (Lipinski definition) is 2. The van der Waals surface area contributed by atoms with Crippen LogP contribution in [0.25, 0.3) is 0 Å². The van der Waals surface area contributed by atoms with Gasteiger partial charge in [0.25, 0.3) is 0 Å². The summed E-state index contributed by atoms with van der Waals surface area (Å²) in [5.74, 6) is 0. The molecule has 1 heterocycles. The number of thiophene rings is 1. The smallest absolute Gasteiger partial charge is 0.0702 e. The van der Waals surface area contributed by atoms with Crippen molar-refractivity contribution in [3.05, 3.63) is 56.2 Å². The summed E-state index contributed by atoms with van der Waals surface area (Å²) >= 11 is 5.37. The Morgan fingerprint density at radius 2 is 1.76 bits per heavy atom. The van der Waals surface area contributed by atoms with Crippen molar-refractivity contribution in [2.24, 2.45) is 0 Å². The Balaban J connectivity index is 2.28. The van der Waals surface area contributed by atoms with E-state index >= 15 is 0 Å². The summed E-state index contributed by atoms with van der Waals surface area (Å²) in [4.78, 5) is 1.36. The zero-order chi connectivity index (χ0) is 15.5. The SMILES string of the molecule is CCCNC(c1ccc(C(C)(C)C)cc1)c1ccc(Br)s1. The third-order valence-electron chi connectivity index (χ3n) is 3.59. The van der Waals surface area contributed by atoms with Gasteiger partial charge in [-0.3, -0.25) is 0 Å². The summed E-state index contributed by atoms with van der Waals surface area (Å²) in [6.07, 6.45) is 1.14. The van der Waals surface area contributed by atoms with Crippen LogP contribution in [0.2, 0.25) is 0 Å². The predicted molar refractivity (Wildman–Crippen MR) is 97.3 cm³/mol. The summed E-state index contributed by atoms with van der Waals surface area (Å²) in [5.41, 5.74) is 2.93. The van der Waals surface area contributed by atoms with Gasteiger partial charge in [0.05, 0.1) is 9.83 Å². The van der Waals surface area contributed by atoms with E-state index in [1.54, 1.807) is 11.3 Å². The molecule has 21 heavy (non-hydrogen) atoms. The molecule has 0 bridgehead atoms. The van der Waals surface area contributed by atoms with Crippen LogP contribution in [0.4, 0.5) is 0 Å². The molecule has 1 atom stereocenters. The molecule has 0 spiro atoms. The molecule has 3 heteroatoms. The number of benzene rings is 1. The van der Waals surface area contributed by atoms with Crippen molar-refractivity contribution in [1.29, 1.82) is 0 Å². The molecule has 1 unspecified atom stereocenters. The Morgan fingerprint density at radius 3 is 2.24 bits per heavy atom. The Bertz CT molecular complexity index is 566. The molecule has 0 radical (unpaired) electrons. The zero-order valence-corrected chi connectivity index (χ0v) is 15.6. The fraction of sp³-hybridized carbons (Fsp3) is 0.444. The molecule has 1 N–H and O–H groups in total. The van der Waals surface area contributed by atoms with Crippen LogP contribution >= 0.6 is 27.3 Å². The van der Waals surface area contributed by atoms with E-state index in [-0.39, 0.29) is 11.5 Å². The molecule has 2 aromatic rings. The van der Waals surface area contributed by atoms with Gasteiger partial charge >= 0.3 is 0 Å². The highest BCUT2D eigenvalue weighted by atomic mass is 79.9. The van der Waals surface area contributed by atoms with Crippen LogP contribution in [0, 0.1) is 0 Å². The van der Waals surface area contributed by atoms with Crippen molar-refractivity contribution in [3.63, 3.8) is 0 Å². The Kier molecular flexibility index (Phi) is 5.64. The summed E-state index contributed by atoms with van der Waals surface area (Å²) in [7, 11) is 0. The van der Waals surface area contributed by atoms with E-state index in [0.717, 1.165) is 13.0 Å². The molecule has 0 saturated carbocycles. The quantitative estimate of drug-likeness (QED) is 0.695. The summed E-state index contributed by atoms with van der Waals surface area (Å²) in [6, 6.07) is 13.7. The molecule has 0 amide bonds. The number of halogens is 1. The summed E-state index contributed by atoms with van der Waals surface area (Å²) < 4.78 is 1.19. The lowest BCUT2D eigenvalue weighted by Crippen LogP contribution is -2.22. The van der Waals surface area contributed by atoms with Crippen molar-refractivity contribution in [2.45, 2.75) is 45.6 Å². The molecular formula is C18H24BrNS. The van der Waals surface area contributed by atoms with Crippen LogP contribution in [0.1, 0.15) is 56.2 Å². The predicted octanol–water partition coefficient (Wildman–Crippen LogP) is 5.90. The maximum Gasteiger partial charge on any atom is 0.0702 e. The minimum Gasteiger partial charge on any atom is -0.306 e. The minimum absolute atomic E-state index is 0.205. The number of nitrogens with one attached hydrogen (secondary N) is 1. The highest BCUT2D eigenvalue weighted by Crippen LogP contribution is 2.32. The van der Waals surface area contributed by atoms with Gasteiger partial charge in [-0.25, -0.2) is 0 Å². The van der Waals surface area contributed by atoms with Crippen molar-refractivity contribution >= 4 is 27.3 Å². The van der Waals surface area contributed by atoms with Gasteiger partial charge in [-0.1, -0.05) is 52.0 Å². The Labute approximate surface area is 140 Å². The second-order valence-electron chi connectivity index (χ2n) is 6.40. The molecule has 0 aliphatic carbocycles. The van der Waals surface area contributed by atoms with Crippen LogP contribution in [-0.4, -0.2) is 6.54 Å². The first-order valence-electron chi connectivity index (χ1n) is 7.51. The van der Waals surface area contributed by atoms with Gasteiger partial charge in [0.15, 0.2) is 0 Å². The average Bonchev–Trinajstić information content (AvgIpc) is 2.85. The van der Waals surface area contributed by atoms with E-state index in [1.165, 1.54) is 19.8 Å². The molecule has 0 saturated heterocycles. The first-order chi connectivity index (χ1) is 9.91. The molecule has 2 rings (SSSR count). The Morgan fingerprint density at radius 1 is 1.10 bits per heavy atom. The fourth-order valence-corrected chi connectivity index (χ4v) is 3.86. The maximum absolute atomic E-state index is 3.66. The lowest BCUT2D eigenvalue weighted by molar-refractivity contribution is 0.585.